The smallest absolute Gasteiger partial charge is 0.416 e. The molecule has 0 spiro atoms. The highest BCUT2D eigenvalue weighted by atomic mass is 19.4. The minimum atomic E-state index is -4.69. The third-order valence-corrected chi connectivity index (χ3v) is 6.96. The zero-order chi connectivity index (χ0) is 30.0. The van der Waals surface area contributed by atoms with E-state index in [1.165, 1.54) is 61.7 Å². The molecule has 5 aromatic rings. The molecular formula is C29H13F3N6O5. The predicted octanol–water partition coefficient (Wildman–Crippen LogP) is 4.83. The van der Waals surface area contributed by atoms with E-state index < -0.39 is 35.4 Å². The standard InChI is InChI=1S/C29H13F3N6O5/c30-29(31,32)14-2-1-3-17(6-14)43-21-7-20-22-18(25(39)37(27(20)41)15-8-33-12-34-9-15)4-5-19-23(22)24(21)28(42)38(26(19)40)16-10-35-13-36-11-16/h1-13H. The van der Waals surface area contributed by atoms with E-state index in [0.29, 0.717) is 0 Å². The highest BCUT2D eigenvalue weighted by molar-refractivity contribution is 6.42. The number of hydrogen-bond donors (Lipinski definition) is 0. The lowest BCUT2D eigenvalue weighted by atomic mass is 9.85. The van der Waals surface area contributed by atoms with E-state index in [9.17, 15) is 32.3 Å². The molecule has 0 fully saturated rings. The Hall–Kier alpha value is -6.05. The lowest BCUT2D eigenvalue weighted by molar-refractivity contribution is -0.137. The molecule has 7 rings (SSSR count). The average molecular weight is 582 g/mol. The number of hydrogen-bond acceptors (Lipinski definition) is 9. The first-order valence-electron chi connectivity index (χ1n) is 12.4. The van der Waals surface area contributed by atoms with Crippen molar-refractivity contribution in [2.75, 3.05) is 9.80 Å². The van der Waals surface area contributed by atoms with Crippen molar-refractivity contribution >= 4 is 45.8 Å². The van der Waals surface area contributed by atoms with Gasteiger partial charge in [-0.2, -0.15) is 13.2 Å². The van der Waals surface area contributed by atoms with Gasteiger partial charge in [-0.1, -0.05) is 6.07 Å². The summed E-state index contributed by atoms with van der Waals surface area (Å²) in [5.74, 6) is -3.91. The van der Waals surface area contributed by atoms with Crippen molar-refractivity contribution in [1.82, 2.24) is 19.9 Å². The van der Waals surface area contributed by atoms with Crippen LogP contribution in [-0.2, 0) is 6.18 Å². The first-order chi connectivity index (χ1) is 20.6. The lowest BCUT2D eigenvalue weighted by Crippen LogP contribution is -2.43. The van der Waals surface area contributed by atoms with Gasteiger partial charge in [0, 0.05) is 21.9 Å². The zero-order valence-electron chi connectivity index (χ0n) is 21.4. The Labute approximate surface area is 238 Å². The van der Waals surface area contributed by atoms with E-state index in [1.807, 2.05) is 0 Å². The van der Waals surface area contributed by atoms with Crippen LogP contribution in [0.4, 0.5) is 24.5 Å². The molecule has 0 atom stereocenters. The maximum atomic E-state index is 14.0. The number of amides is 4. The highest BCUT2D eigenvalue weighted by Crippen LogP contribution is 2.45. The van der Waals surface area contributed by atoms with Gasteiger partial charge in [-0.05, 0) is 36.4 Å². The van der Waals surface area contributed by atoms with Gasteiger partial charge in [0.25, 0.3) is 23.6 Å². The molecule has 0 aliphatic carbocycles. The number of aromatic nitrogens is 4. The topological polar surface area (TPSA) is 136 Å². The molecule has 2 aromatic heterocycles. The van der Waals surface area contributed by atoms with Gasteiger partial charge >= 0.3 is 6.18 Å². The second-order valence-corrected chi connectivity index (χ2v) is 9.42. The molecule has 2 aliphatic rings. The summed E-state index contributed by atoms with van der Waals surface area (Å²) in [5, 5.41) is -0.0246. The number of ether oxygens (including phenoxy) is 1. The van der Waals surface area contributed by atoms with Crippen LogP contribution in [0.2, 0.25) is 0 Å². The molecule has 4 amide bonds. The summed E-state index contributed by atoms with van der Waals surface area (Å²) in [5.41, 5.74) is -1.36. The number of rotatable bonds is 4. The molecule has 0 saturated carbocycles. The molecule has 0 saturated heterocycles. The minimum absolute atomic E-state index is 0.00108. The van der Waals surface area contributed by atoms with Gasteiger partial charge in [-0.25, -0.2) is 29.7 Å². The van der Waals surface area contributed by atoms with Crippen molar-refractivity contribution in [3.8, 4) is 11.5 Å². The molecule has 14 heteroatoms. The Morgan fingerprint density at radius 2 is 1.16 bits per heavy atom. The van der Waals surface area contributed by atoms with E-state index in [0.717, 1.165) is 28.0 Å². The monoisotopic (exact) mass is 582 g/mol. The van der Waals surface area contributed by atoms with Gasteiger partial charge in [0.2, 0.25) is 0 Å². The molecule has 0 radical (unpaired) electrons. The average Bonchev–Trinajstić information content (AvgIpc) is 3.00. The van der Waals surface area contributed by atoms with Crippen LogP contribution >= 0.6 is 0 Å². The first-order valence-corrected chi connectivity index (χ1v) is 12.4. The number of carbonyl (C=O) groups is 4. The van der Waals surface area contributed by atoms with Gasteiger partial charge in [-0.15, -0.1) is 0 Å². The van der Waals surface area contributed by atoms with Gasteiger partial charge < -0.3 is 4.74 Å². The van der Waals surface area contributed by atoms with Crippen LogP contribution in [0, 0.1) is 0 Å². The fraction of sp³-hybridized carbons (Fsp3) is 0.0345. The van der Waals surface area contributed by atoms with Crippen molar-refractivity contribution in [3.05, 3.63) is 108 Å². The number of anilines is 2. The summed E-state index contributed by atoms with van der Waals surface area (Å²) < 4.78 is 46.3. The normalized spacial score (nSPS) is 14.5. The molecule has 210 valence electrons. The van der Waals surface area contributed by atoms with E-state index in [4.69, 9.17) is 4.74 Å². The summed E-state index contributed by atoms with van der Waals surface area (Å²) in [6.45, 7) is 0. The maximum Gasteiger partial charge on any atom is 0.416 e. The van der Waals surface area contributed by atoms with E-state index in [-0.39, 0.29) is 55.9 Å². The number of halogens is 3. The Morgan fingerprint density at radius 3 is 1.74 bits per heavy atom. The number of alkyl halides is 3. The van der Waals surface area contributed by atoms with Gasteiger partial charge in [-0.3, -0.25) is 19.2 Å². The van der Waals surface area contributed by atoms with Crippen molar-refractivity contribution in [3.63, 3.8) is 0 Å². The third-order valence-electron chi connectivity index (χ3n) is 6.96. The van der Waals surface area contributed by atoms with Crippen molar-refractivity contribution in [2.24, 2.45) is 0 Å². The van der Waals surface area contributed by atoms with E-state index in [1.54, 1.807) is 0 Å². The van der Waals surface area contributed by atoms with E-state index >= 15 is 0 Å². The van der Waals surface area contributed by atoms with Gasteiger partial charge in [0.1, 0.15) is 24.2 Å². The Morgan fingerprint density at radius 1 is 0.628 bits per heavy atom. The third kappa shape index (κ3) is 3.91. The largest absolute Gasteiger partial charge is 0.456 e. The minimum Gasteiger partial charge on any atom is -0.456 e. The molecule has 0 bridgehead atoms. The van der Waals surface area contributed by atoms with Crippen LogP contribution < -0.4 is 14.5 Å². The number of imide groups is 2. The second kappa shape index (κ2) is 9.24. The fourth-order valence-corrected chi connectivity index (χ4v) is 5.16. The van der Waals surface area contributed by atoms with Crippen molar-refractivity contribution < 1.29 is 37.1 Å². The molecule has 3 aromatic carbocycles. The van der Waals surface area contributed by atoms with Crippen LogP contribution in [0.15, 0.2) is 79.9 Å². The van der Waals surface area contributed by atoms with Crippen LogP contribution in [0.25, 0.3) is 10.8 Å². The van der Waals surface area contributed by atoms with Crippen molar-refractivity contribution in [2.45, 2.75) is 6.18 Å². The van der Waals surface area contributed by atoms with Gasteiger partial charge in [0.05, 0.1) is 52.9 Å². The SMILES string of the molecule is O=C1c2ccc3c4c(c(Oc5cccc(C(F)(F)F)c5)cc(c24)C(=O)N1c1cncnc1)C(=O)N(c1cncnc1)C3=O. The Bertz CT molecular complexity index is 2040. The number of benzene rings is 3. The van der Waals surface area contributed by atoms with E-state index in [2.05, 4.69) is 19.9 Å². The molecular weight excluding hydrogens is 569 g/mol. The molecule has 4 heterocycles. The lowest BCUT2D eigenvalue weighted by Gasteiger charge is -2.32. The molecule has 0 unspecified atom stereocenters. The fourth-order valence-electron chi connectivity index (χ4n) is 5.16. The Kier molecular flexibility index (Phi) is 5.56. The van der Waals surface area contributed by atoms with Crippen LogP contribution in [-0.4, -0.2) is 43.6 Å². The number of nitrogens with zero attached hydrogens (tertiary/aromatic N) is 6. The van der Waals surface area contributed by atoms with Crippen LogP contribution in [0.1, 0.15) is 47.0 Å². The first kappa shape index (κ1) is 25.9. The quantitative estimate of drug-likeness (QED) is 0.273. The summed E-state index contributed by atoms with van der Waals surface area (Å²) in [6, 6.07) is 7.81. The summed E-state index contributed by atoms with van der Waals surface area (Å²) in [7, 11) is 0. The second-order valence-electron chi connectivity index (χ2n) is 9.42. The van der Waals surface area contributed by atoms with Gasteiger partial charge in [0.15, 0.2) is 0 Å². The summed E-state index contributed by atoms with van der Waals surface area (Å²) in [4.78, 5) is 72.2. The summed E-state index contributed by atoms with van der Waals surface area (Å²) in [6.07, 6.45) is 2.70. The van der Waals surface area contributed by atoms with Crippen molar-refractivity contribution in [1.29, 1.82) is 0 Å². The number of carbonyl (C=O) groups excluding carboxylic acids is 4. The Balaban J connectivity index is 1.50. The van der Waals surface area contributed by atoms with Crippen LogP contribution in [0.5, 0.6) is 11.5 Å². The predicted molar refractivity (Wildman–Crippen MR) is 142 cm³/mol. The molecule has 0 N–H and O–H groups in total. The summed E-state index contributed by atoms with van der Waals surface area (Å²) >= 11 is 0. The van der Waals surface area contributed by atoms with Crippen LogP contribution in [0.3, 0.4) is 0 Å². The molecule has 43 heavy (non-hydrogen) atoms. The highest BCUT2D eigenvalue weighted by Gasteiger charge is 2.43. The molecule has 11 nitrogen and oxygen atoms in total. The maximum absolute atomic E-state index is 14.0. The molecule has 2 aliphatic heterocycles. The zero-order valence-corrected chi connectivity index (χ0v) is 21.4.